The van der Waals surface area contributed by atoms with Crippen molar-refractivity contribution in [2.45, 2.75) is 19.1 Å². The summed E-state index contributed by atoms with van der Waals surface area (Å²) in [7, 11) is 0. The smallest absolute Gasteiger partial charge is 0.230 e. The van der Waals surface area contributed by atoms with E-state index in [2.05, 4.69) is 25.5 Å². The summed E-state index contributed by atoms with van der Waals surface area (Å²) in [5.74, 6) is 2.05. The highest BCUT2D eigenvalue weighted by molar-refractivity contribution is 7.99. The van der Waals surface area contributed by atoms with Crippen LogP contribution in [0.2, 0.25) is 0 Å². The minimum absolute atomic E-state index is 0.0384. The third-order valence-electron chi connectivity index (χ3n) is 2.30. The maximum absolute atomic E-state index is 11.6. The van der Waals surface area contributed by atoms with Gasteiger partial charge in [0.25, 0.3) is 0 Å². The maximum Gasteiger partial charge on any atom is 0.230 e. The van der Waals surface area contributed by atoms with E-state index in [0.29, 0.717) is 18.7 Å². The number of H-pyrrole nitrogens is 1. The number of aryl methyl sites for hydroxylation is 1. The van der Waals surface area contributed by atoms with Crippen LogP contribution >= 0.6 is 23.1 Å². The average Bonchev–Trinajstić information content (AvgIpc) is 3.01. The number of amides is 1. The molecule has 1 amide bonds. The van der Waals surface area contributed by atoms with Crippen LogP contribution in [0.3, 0.4) is 0 Å². The third kappa shape index (κ3) is 4.99. The molecule has 0 unspecified atom stereocenters. The Bertz CT molecular complexity index is 511. The van der Waals surface area contributed by atoms with Gasteiger partial charge in [-0.2, -0.15) is 5.10 Å². The minimum atomic E-state index is 0.0384. The van der Waals surface area contributed by atoms with E-state index >= 15 is 0 Å². The molecule has 2 aromatic rings. The van der Waals surface area contributed by atoms with Gasteiger partial charge in [-0.1, -0.05) is 0 Å². The fourth-order valence-corrected chi connectivity index (χ4v) is 2.91. The molecular formula is C11H15N5OS2. The van der Waals surface area contributed by atoms with E-state index in [1.807, 2.05) is 12.3 Å². The van der Waals surface area contributed by atoms with E-state index in [9.17, 15) is 4.79 Å². The zero-order valence-electron chi connectivity index (χ0n) is 10.5. The molecule has 0 aliphatic rings. The van der Waals surface area contributed by atoms with Crippen molar-refractivity contribution in [3.05, 3.63) is 28.2 Å². The molecule has 2 aromatic heterocycles. The first kappa shape index (κ1) is 14.0. The number of aromatic amines is 1. The van der Waals surface area contributed by atoms with Gasteiger partial charge in [0.2, 0.25) is 5.91 Å². The van der Waals surface area contributed by atoms with E-state index in [1.54, 1.807) is 23.1 Å². The summed E-state index contributed by atoms with van der Waals surface area (Å²) >= 11 is 3.21. The van der Waals surface area contributed by atoms with Gasteiger partial charge in [-0.05, 0) is 6.92 Å². The molecule has 8 heteroatoms. The number of aromatic nitrogens is 4. The van der Waals surface area contributed by atoms with Crippen molar-refractivity contribution in [3.63, 3.8) is 0 Å². The van der Waals surface area contributed by atoms with Crippen LogP contribution in [0.15, 0.2) is 11.7 Å². The molecule has 19 heavy (non-hydrogen) atoms. The monoisotopic (exact) mass is 297 g/mol. The fourth-order valence-electron chi connectivity index (χ4n) is 1.45. The Morgan fingerprint density at radius 1 is 1.58 bits per heavy atom. The van der Waals surface area contributed by atoms with Crippen LogP contribution in [0.5, 0.6) is 0 Å². The maximum atomic E-state index is 11.6. The SMILES string of the molecule is Cc1nc(CSCC(=O)NCCc2ncn[nH]2)cs1. The highest BCUT2D eigenvalue weighted by Crippen LogP contribution is 2.14. The van der Waals surface area contributed by atoms with E-state index < -0.39 is 0 Å². The second-order valence-corrected chi connectivity index (χ2v) is 5.93. The summed E-state index contributed by atoms with van der Waals surface area (Å²) in [4.78, 5) is 19.9. The Morgan fingerprint density at radius 3 is 3.16 bits per heavy atom. The van der Waals surface area contributed by atoms with Crippen molar-refractivity contribution in [2.24, 2.45) is 0 Å². The molecule has 0 radical (unpaired) electrons. The van der Waals surface area contributed by atoms with Gasteiger partial charge < -0.3 is 5.32 Å². The van der Waals surface area contributed by atoms with Gasteiger partial charge in [0, 0.05) is 24.1 Å². The second-order valence-electron chi connectivity index (χ2n) is 3.88. The van der Waals surface area contributed by atoms with Crippen LogP contribution in [0, 0.1) is 6.92 Å². The van der Waals surface area contributed by atoms with E-state index in [4.69, 9.17) is 0 Å². The molecule has 0 atom stereocenters. The molecule has 2 heterocycles. The molecule has 0 bridgehead atoms. The van der Waals surface area contributed by atoms with Crippen molar-refractivity contribution in [1.82, 2.24) is 25.5 Å². The second kappa shape index (κ2) is 7.25. The molecule has 0 saturated heterocycles. The molecular weight excluding hydrogens is 282 g/mol. The third-order valence-corrected chi connectivity index (χ3v) is 4.09. The quantitative estimate of drug-likeness (QED) is 0.801. The molecule has 0 aromatic carbocycles. The van der Waals surface area contributed by atoms with Crippen molar-refractivity contribution in [3.8, 4) is 0 Å². The number of carbonyl (C=O) groups is 1. The van der Waals surface area contributed by atoms with Crippen LogP contribution < -0.4 is 5.32 Å². The lowest BCUT2D eigenvalue weighted by molar-refractivity contribution is -0.118. The average molecular weight is 297 g/mol. The van der Waals surface area contributed by atoms with Crippen molar-refractivity contribution in [2.75, 3.05) is 12.3 Å². The zero-order chi connectivity index (χ0) is 13.5. The number of carbonyl (C=O) groups excluding carboxylic acids is 1. The molecule has 6 nitrogen and oxygen atoms in total. The van der Waals surface area contributed by atoms with Gasteiger partial charge in [-0.15, -0.1) is 23.1 Å². The Balaban J connectivity index is 1.57. The van der Waals surface area contributed by atoms with Crippen molar-refractivity contribution in [1.29, 1.82) is 0 Å². The van der Waals surface area contributed by atoms with E-state index in [-0.39, 0.29) is 5.91 Å². The minimum Gasteiger partial charge on any atom is -0.355 e. The summed E-state index contributed by atoms with van der Waals surface area (Å²) in [6.45, 7) is 2.55. The van der Waals surface area contributed by atoms with Gasteiger partial charge >= 0.3 is 0 Å². The topological polar surface area (TPSA) is 83.6 Å². The van der Waals surface area contributed by atoms with E-state index in [1.165, 1.54) is 6.33 Å². The van der Waals surface area contributed by atoms with Gasteiger partial charge in [0.15, 0.2) is 0 Å². The molecule has 102 valence electrons. The number of thioether (sulfide) groups is 1. The van der Waals surface area contributed by atoms with Crippen LogP contribution in [0.25, 0.3) is 0 Å². The normalized spacial score (nSPS) is 10.6. The van der Waals surface area contributed by atoms with Crippen LogP contribution in [-0.4, -0.2) is 38.4 Å². The molecule has 0 fully saturated rings. The Labute approximate surface area is 119 Å². The lowest BCUT2D eigenvalue weighted by atomic mass is 10.4. The summed E-state index contributed by atoms with van der Waals surface area (Å²) < 4.78 is 0. The van der Waals surface area contributed by atoms with Crippen LogP contribution in [-0.2, 0) is 17.0 Å². The largest absolute Gasteiger partial charge is 0.355 e. The molecule has 2 N–H and O–H groups in total. The summed E-state index contributed by atoms with van der Waals surface area (Å²) in [6.07, 6.45) is 2.13. The summed E-state index contributed by atoms with van der Waals surface area (Å²) in [5, 5.41) is 12.4. The van der Waals surface area contributed by atoms with Crippen LogP contribution in [0.4, 0.5) is 0 Å². The van der Waals surface area contributed by atoms with Crippen molar-refractivity contribution < 1.29 is 4.79 Å². The van der Waals surface area contributed by atoms with Gasteiger partial charge in [0.05, 0.1) is 16.5 Å². The summed E-state index contributed by atoms with van der Waals surface area (Å²) in [5.41, 5.74) is 1.04. The Kier molecular flexibility index (Phi) is 5.34. The fraction of sp³-hybridized carbons (Fsp3) is 0.455. The van der Waals surface area contributed by atoms with Crippen LogP contribution in [0.1, 0.15) is 16.5 Å². The standard InChI is InChI=1S/C11H15N5OS2/c1-8-15-9(5-19-8)4-18-6-11(17)12-3-2-10-13-7-14-16-10/h5,7H,2-4,6H2,1H3,(H,12,17)(H,13,14,16). The highest BCUT2D eigenvalue weighted by atomic mass is 32.2. The molecule has 0 spiro atoms. The lowest BCUT2D eigenvalue weighted by Crippen LogP contribution is -2.27. The lowest BCUT2D eigenvalue weighted by Gasteiger charge is -2.03. The number of nitrogens with one attached hydrogen (secondary N) is 2. The highest BCUT2D eigenvalue weighted by Gasteiger charge is 2.04. The number of thiazole rings is 1. The predicted molar refractivity (Wildman–Crippen MR) is 76.1 cm³/mol. The predicted octanol–water partition coefficient (Wildman–Crippen LogP) is 1.16. The van der Waals surface area contributed by atoms with Gasteiger partial charge in [-0.3, -0.25) is 9.89 Å². The first-order chi connectivity index (χ1) is 9.24. The Morgan fingerprint density at radius 2 is 2.47 bits per heavy atom. The first-order valence-electron chi connectivity index (χ1n) is 5.84. The zero-order valence-corrected chi connectivity index (χ0v) is 12.2. The molecule has 2 rings (SSSR count). The molecule has 0 aliphatic heterocycles. The number of nitrogens with zero attached hydrogens (tertiary/aromatic N) is 3. The molecule has 0 saturated carbocycles. The van der Waals surface area contributed by atoms with Gasteiger partial charge in [0.1, 0.15) is 12.2 Å². The number of hydrogen-bond acceptors (Lipinski definition) is 6. The number of rotatable bonds is 7. The van der Waals surface area contributed by atoms with Crippen molar-refractivity contribution >= 4 is 29.0 Å². The van der Waals surface area contributed by atoms with Gasteiger partial charge in [-0.25, -0.2) is 9.97 Å². The summed E-state index contributed by atoms with van der Waals surface area (Å²) in [6, 6.07) is 0. The van der Waals surface area contributed by atoms with E-state index in [0.717, 1.165) is 22.3 Å². The Hall–Kier alpha value is -1.41. The number of hydrogen-bond donors (Lipinski definition) is 2. The first-order valence-corrected chi connectivity index (χ1v) is 7.87. The molecule has 0 aliphatic carbocycles.